The van der Waals surface area contributed by atoms with E-state index in [1.807, 2.05) is 18.3 Å². The lowest BCUT2D eigenvalue weighted by Crippen LogP contribution is -2.51. The van der Waals surface area contributed by atoms with Crippen LogP contribution in [0.25, 0.3) is 0 Å². The minimum Gasteiger partial charge on any atom is -0.327 e. The molecule has 88 valence electrons. The third-order valence-corrected chi connectivity index (χ3v) is 3.85. The van der Waals surface area contributed by atoms with Crippen LogP contribution in [-0.2, 0) is 6.54 Å². The standard InChI is InChI=1S/C13H21N3/c1-10-11(2)16(8-6-13(10)14)9-12-5-3-4-7-15-12/h3-5,7,10-11,13H,6,8-9,14H2,1-2H3. The van der Waals surface area contributed by atoms with Gasteiger partial charge in [-0.2, -0.15) is 0 Å². The zero-order valence-corrected chi connectivity index (χ0v) is 10.1. The fraction of sp³-hybridized carbons (Fsp3) is 0.615. The Kier molecular flexibility index (Phi) is 3.56. The van der Waals surface area contributed by atoms with Crippen molar-refractivity contribution < 1.29 is 0 Å². The first-order valence-electron chi connectivity index (χ1n) is 6.08. The molecule has 1 saturated heterocycles. The average molecular weight is 219 g/mol. The van der Waals surface area contributed by atoms with E-state index in [9.17, 15) is 0 Å². The molecule has 2 N–H and O–H groups in total. The third kappa shape index (κ3) is 2.42. The number of likely N-dealkylation sites (tertiary alicyclic amines) is 1. The molecule has 3 nitrogen and oxygen atoms in total. The molecule has 0 radical (unpaired) electrons. The van der Waals surface area contributed by atoms with Crippen molar-refractivity contribution in [2.75, 3.05) is 6.54 Å². The largest absolute Gasteiger partial charge is 0.327 e. The van der Waals surface area contributed by atoms with Crippen molar-refractivity contribution in [1.82, 2.24) is 9.88 Å². The van der Waals surface area contributed by atoms with Gasteiger partial charge in [0.25, 0.3) is 0 Å². The van der Waals surface area contributed by atoms with Gasteiger partial charge in [-0.25, -0.2) is 0 Å². The van der Waals surface area contributed by atoms with E-state index in [1.165, 1.54) is 0 Å². The first kappa shape index (κ1) is 11.6. The first-order chi connectivity index (χ1) is 7.68. The smallest absolute Gasteiger partial charge is 0.0544 e. The van der Waals surface area contributed by atoms with Gasteiger partial charge in [0, 0.05) is 31.4 Å². The van der Waals surface area contributed by atoms with Gasteiger partial charge in [-0.15, -0.1) is 0 Å². The summed E-state index contributed by atoms with van der Waals surface area (Å²) in [5, 5.41) is 0. The summed E-state index contributed by atoms with van der Waals surface area (Å²) in [6, 6.07) is 7.00. The molecule has 0 amide bonds. The highest BCUT2D eigenvalue weighted by Gasteiger charge is 2.30. The van der Waals surface area contributed by atoms with Crippen molar-refractivity contribution in [2.45, 2.75) is 38.9 Å². The molecule has 1 fully saturated rings. The summed E-state index contributed by atoms with van der Waals surface area (Å²) in [6.45, 7) is 6.55. The van der Waals surface area contributed by atoms with Crippen LogP contribution in [0.2, 0.25) is 0 Å². The number of nitrogens with zero attached hydrogens (tertiary/aromatic N) is 2. The Hall–Kier alpha value is -0.930. The molecule has 0 aromatic carbocycles. The van der Waals surface area contributed by atoms with Gasteiger partial charge in [-0.3, -0.25) is 9.88 Å². The van der Waals surface area contributed by atoms with Crippen molar-refractivity contribution in [2.24, 2.45) is 11.7 Å². The number of rotatable bonds is 2. The van der Waals surface area contributed by atoms with Crippen LogP contribution >= 0.6 is 0 Å². The molecule has 0 spiro atoms. The van der Waals surface area contributed by atoms with Crippen LogP contribution in [0.15, 0.2) is 24.4 Å². The maximum absolute atomic E-state index is 6.08. The molecule has 0 bridgehead atoms. The van der Waals surface area contributed by atoms with Gasteiger partial charge in [0.1, 0.15) is 0 Å². The highest BCUT2D eigenvalue weighted by atomic mass is 15.2. The Balaban J connectivity index is 2.00. The van der Waals surface area contributed by atoms with Crippen LogP contribution < -0.4 is 5.73 Å². The van der Waals surface area contributed by atoms with Crippen LogP contribution in [0.4, 0.5) is 0 Å². The number of piperidine rings is 1. The van der Waals surface area contributed by atoms with E-state index in [0.717, 1.165) is 25.2 Å². The number of hydrogen-bond donors (Lipinski definition) is 1. The van der Waals surface area contributed by atoms with Crippen LogP contribution in [0, 0.1) is 5.92 Å². The monoisotopic (exact) mass is 219 g/mol. The number of pyridine rings is 1. The number of nitrogens with two attached hydrogens (primary N) is 1. The van der Waals surface area contributed by atoms with E-state index in [-0.39, 0.29) is 0 Å². The summed E-state index contributed by atoms with van der Waals surface area (Å²) in [6.07, 6.45) is 2.96. The number of aromatic nitrogens is 1. The second-order valence-corrected chi connectivity index (χ2v) is 4.84. The van der Waals surface area contributed by atoms with Gasteiger partial charge in [0.05, 0.1) is 5.69 Å². The molecule has 0 saturated carbocycles. The lowest BCUT2D eigenvalue weighted by Gasteiger charge is -2.41. The maximum atomic E-state index is 6.08. The van der Waals surface area contributed by atoms with E-state index >= 15 is 0 Å². The van der Waals surface area contributed by atoms with Crippen LogP contribution in [0.1, 0.15) is 26.0 Å². The van der Waals surface area contributed by atoms with E-state index in [1.54, 1.807) is 0 Å². The molecule has 2 heterocycles. The molecular formula is C13H21N3. The quantitative estimate of drug-likeness (QED) is 0.822. The lowest BCUT2D eigenvalue weighted by molar-refractivity contribution is 0.0898. The molecule has 0 aliphatic carbocycles. The minimum atomic E-state index is 0.356. The highest BCUT2D eigenvalue weighted by Crippen LogP contribution is 2.23. The molecule has 16 heavy (non-hydrogen) atoms. The predicted octanol–water partition coefficient (Wildman–Crippen LogP) is 1.64. The minimum absolute atomic E-state index is 0.356. The second-order valence-electron chi connectivity index (χ2n) is 4.84. The van der Waals surface area contributed by atoms with Crippen molar-refractivity contribution in [3.05, 3.63) is 30.1 Å². The van der Waals surface area contributed by atoms with Gasteiger partial charge < -0.3 is 5.73 Å². The Labute approximate surface area is 97.7 Å². The average Bonchev–Trinajstić information content (AvgIpc) is 2.31. The molecule has 1 aliphatic rings. The fourth-order valence-corrected chi connectivity index (χ4v) is 2.39. The van der Waals surface area contributed by atoms with Gasteiger partial charge >= 0.3 is 0 Å². The topological polar surface area (TPSA) is 42.1 Å². The normalized spacial score (nSPS) is 31.6. The van der Waals surface area contributed by atoms with Gasteiger partial charge in [-0.1, -0.05) is 13.0 Å². The fourth-order valence-electron chi connectivity index (χ4n) is 2.39. The SMILES string of the molecule is CC1C(N)CCN(Cc2ccccn2)C1C. The van der Waals surface area contributed by atoms with Crippen LogP contribution in [0.5, 0.6) is 0 Å². The summed E-state index contributed by atoms with van der Waals surface area (Å²) < 4.78 is 0. The first-order valence-corrected chi connectivity index (χ1v) is 6.08. The summed E-state index contributed by atoms with van der Waals surface area (Å²) in [7, 11) is 0. The van der Waals surface area contributed by atoms with Crippen molar-refractivity contribution in [3.63, 3.8) is 0 Å². The molecule has 1 aliphatic heterocycles. The Bertz CT molecular complexity index is 325. The van der Waals surface area contributed by atoms with Gasteiger partial charge in [-0.05, 0) is 31.4 Å². The molecule has 3 heteroatoms. The Morgan fingerprint density at radius 2 is 2.25 bits per heavy atom. The van der Waals surface area contributed by atoms with Crippen molar-refractivity contribution >= 4 is 0 Å². The summed E-state index contributed by atoms with van der Waals surface area (Å²) >= 11 is 0. The molecule has 3 atom stereocenters. The third-order valence-electron chi connectivity index (χ3n) is 3.85. The molecule has 1 aromatic rings. The van der Waals surface area contributed by atoms with Crippen LogP contribution in [0.3, 0.4) is 0 Å². The van der Waals surface area contributed by atoms with E-state index in [2.05, 4.69) is 29.8 Å². The molecular weight excluding hydrogens is 198 g/mol. The molecule has 2 rings (SSSR count). The zero-order chi connectivity index (χ0) is 11.5. The van der Waals surface area contributed by atoms with E-state index in [0.29, 0.717) is 18.0 Å². The van der Waals surface area contributed by atoms with Gasteiger partial charge in [0.2, 0.25) is 0 Å². The zero-order valence-electron chi connectivity index (χ0n) is 10.1. The Morgan fingerprint density at radius 1 is 1.44 bits per heavy atom. The Morgan fingerprint density at radius 3 is 2.94 bits per heavy atom. The summed E-state index contributed by atoms with van der Waals surface area (Å²) in [5.74, 6) is 0.567. The molecule has 3 unspecified atom stereocenters. The lowest BCUT2D eigenvalue weighted by atomic mass is 9.87. The second kappa shape index (κ2) is 4.93. The van der Waals surface area contributed by atoms with E-state index < -0.39 is 0 Å². The van der Waals surface area contributed by atoms with E-state index in [4.69, 9.17) is 5.73 Å². The maximum Gasteiger partial charge on any atom is 0.0544 e. The highest BCUT2D eigenvalue weighted by molar-refractivity contribution is 5.04. The van der Waals surface area contributed by atoms with Gasteiger partial charge in [0.15, 0.2) is 0 Å². The summed E-state index contributed by atoms with van der Waals surface area (Å²) in [5.41, 5.74) is 7.23. The molecule has 1 aromatic heterocycles. The van der Waals surface area contributed by atoms with Crippen molar-refractivity contribution in [1.29, 1.82) is 0 Å². The number of hydrogen-bond acceptors (Lipinski definition) is 3. The van der Waals surface area contributed by atoms with Crippen molar-refractivity contribution in [3.8, 4) is 0 Å². The predicted molar refractivity (Wildman–Crippen MR) is 65.9 cm³/mol. The van der Waals surface area contributed by atoms with Crippen LogP contribution in [-0.4, -0.2) is 28.5 Å². The summed E-state index contributed by atoms with van der Waals surface area (Å²) in [4.78, 5) is 6.86.